The van der Waals surface area contributed by atoms with Gasteiger partial charge in [-0.1, -0.05) is 37.1 Å². The minimum Gasteiger partial charge on any atom is -0.350 e. The number of likely N-dealkylation sites (N-methyl/N-ethyl adjacent to an activating group) is 1. The molecule has 2 aromatic carbocycles. The highest BCUT2D eigenvalue weighted by molar-refractivity contribution is 7.89. The lowest BCUT2D eigenvalue weighted by Crippen LogP contribution is -2.50. The van der Waals surface area contributed by atoms with Crippen LogP contribution < -0.4 is 10.0 Å². The van der Waals surface area contributed by atoms with E-state index in [1.165, 1.54) is 44.0 Å². The third kappa shape index (κ3) is 5.62. The minimum absolute atomic E-state index is 0.0243. The average molecular weight is 458 g/mol. The molecular weight excluding hydrogens is 426 g/mol. The number of hydrogen-bond donors (Lipinski definition) is 2. The maximum atomic E-state index is 12.6. The fourth-order valence-electron chi connectivity index (χ4n) is 4.07. The van der Waals surface area contributed by atoms with E-state index in [9.17, 15) is 18.0 Å². The molecule has 1 saturated carbocycles. The van der Waals surface area contributed by atoms with Crippen molar-refractivity contribution >= 4 is 21.7 Å². The van der Waals surface area contributed by atoms with Crippen molar-refractivity contribution in [2.45, 2.75) is 49.6 Å². The van der Waals surface area contributed by atoms with Crippen LogP contribution in [0.15, 0.2) is 53.4 Å². The molecule has 7 nitrogen and oxygen atoms in total. The highest BCUT2D eigenvalue weighted by Gasteiger charge is 2.36. The first-order valence-electron chi connectivity index (χ1n) is 10.8. The normalized spacial score (nSPS) is 15.6. The second-order valence-corrected chi connectivity index (χ2v) is 10.4. The summed E-state index contributed by atoms with van der Waals surface area (Å²) >= 11 is 0. The van der Waals surface area contributed by atoms with Crippen molar-refractivity contribution in [2.24, 2.45) is 0 Å². The second-order valence-electron chi connectivity index (χ2n) is 8.61. The number of hydrogen-bond acceptors (Lipinski definition) is 5. The third-order valence-corrected chi connectivity index (χ3v) is 7.73. The lowest BCUT2D eigenvalue weighted by Gasteiger charge is -2.36. The Kier molecular flexibility index (Phi) is 7.48. The van der Waals surface area contributed by atoms with Crippen LogP contribution in [-0.2, 0) is 16.6 Å². The zero-order valence-electron chi connectivity index (χ0n) is 18.8. The van der Waals surface area contributed by atoms with Crippen LogP contribution in [0.25, 0.3) is 0 Å². The smallest absolute Gasteiger partial charge is 0.251 e. The summed E-state index contributed by atoms with van der Waals surface area (Å²) in [5.74, 6) is -0.248. The summed E-state index contributed by atoms with van der Waals surface area (Å²) < 4.78 is 27.5. The van der Waals surface area contributed by atoms with Crippen LogP contribution in [0.2, 0.25) is 0 Å². The number of nitrogens with one attached hydrogen (secondary N) is 2. The first-order valence-corrected chi connectivity index (χ1v) is 12.3. The molecule has 0 bridgehead atoms. The Morgan fingerprint density at radius 3 is 2.03 bits per heavy atom. The molecule has 32 heavy (non-hydrogen) atoms. The summed E-state index contributed by atoms with van der Waals surface area (Å²) in [6.07, 6.45) is 4.52. The van der Waals surface area contributed by atoms with Crippen LogP contribution in [0.3, 0.4) is 0 Å². The maximum Gasteiger partial charge on any atom is 0.251 e. The molecule has 2 N–H and O–H groups in total. The number of carbonyl (C=O) groups excluding carboxylic acids is 2. The fourth-order valence-corrected chi connectivity index (χ4v) is 5.08. The summed E-state index contributed by atoms with van der Waals surface area (Å²) in [7, 11) is 0.415. The van der Waals surface area contributed by atoms with Crippen LogP contribution >= 0.6 is 0 Å². The van der Waals surface area contributed by atoms with Crippen LogP contribution in [0, 0.1) is 0 Å². The van der Waals surface area contributed by atoms with Gasteiger partial charge >= 0.3 is 0 Å². The van der Waals surface area contributed by atoms with Gasteiger partial charge in [0.25, 0.3) is 5.91 Å². The lowest BCUT2D eigenvalue weighted by atomic mass is 9.96. The highest BCUT2D eigenvalue weighted by atomic mass is 32.2. The summed E-state index contributed by atoms with van der Waals surface area (Å²) in [5.41, 5.74) is 1.77. The van der Waals surface area contributed by atoms with Gasteiger partial charge in [-0.05, 0) is 63.7 Å². The summed E-state index contributed by atoms with van der Waals surface area (Å²) in [6, 6.07) is 12.7. The van der Waals surface area contributed by atoms with E-state index in [0.29, 0.717) is 17.7 Å². The molecular formula is C24H31N3O4S. The Labute approximate surface area is 190 Å². The number of rotatable bonds is 9. The van der Waals surface area contributed by atoms with Crippen molar-refractivity contribution in [1.82, 2.24) is 14.9 Å². The molecule has 0 atom stereocenters. The van der Waals surface area contributed by atoms with Crippen molar-refractivity contribution in [3.05, 3.63) is 65.2 Å². The Morgan fingerprint density at radius 2 is 1.50 bits per heavy atom. The molecule has 0 spiro atoms. The molecule has 1 aliphatic rings. The number of Topliss-reactive ketones (excluding diaryl/α,β-unsaturated/α-hetero) is 1. The molecule has 0 unspecified atom stereocenters. The number of nitrogens with zero attached hydrogens (tertiary/aromatic N) is 1. The summed E-state index contributed by atoms with van der Waals surface area (Å²) in [4.78, 5) is 26.2. The number of sulfonamides is 1. The minimum atomic E-state index is -3.71. The van der Waals surface area contributed by atoms with E-state index in [0.717, 1.165) is 18.4 Å². The topological polar surface area (TPSA) is 95.6 Å². The highest BCUT2D eigenvalue weighted by Crippen LogP contribution is 2.33. The van der Waals surface area contributed by atoms with E-state index in [-0.39, 0.29) is 28.7 Å². The van der Waals surface area contributed by atoms with E-state index >= 15 is 0 Å². The maximum absolute atomic E-state index is 12.6. The van der Waals surface area contributed by atoms with Gasteiger partial charge in [-0.15, -0.1) is 0 Å². The molecule has 2 aromatic rings. The fraction of sp³-hybridized carbons (Fsp3) is 0.417. The molecule has 3 rings (SSSR count). The first-order chi connectivity index (χ1) is 15.1. The van der Waals surface area contributed by atoms with Crippen molar-refractivity contribution in [2.75, 3.05) is 20.6 Å². The third-order valence-electron chi connectivity index (χ3n) is 6.31. The van der Waals surface area contributed by atoms with E-state index in [2.05, 4.69) is 29.0 Å². The van der Waals surface area contributed by atoms with Crippen LogP contribution in [0.1, 0.15) is 58.9 Å². The molecule has 1 aliphatic carbocycles. The SMILES string of the molecule is CC(=O)c1ccc(S(=O)(=O)NCc2ccc(C(=O)NCC3(N(C)C)CCCC3)cc2)cc1. The van der Waals surface area contributed by atoms with Gasteiger partial charge in [0.1, 0.15) is 0 Å². The molecule has 0 aromatic heterocycles. The van der Waals surface area contributed by atoms with E-state index in [1.54, 1.807) is 24.3 Å². The molecule has 1 fully saturated rings. The Balaban J connectivity index is 1.57. The monoisotopic (exact) mass is 457 g/mol. The Bertz CT molecular complexity index is 1060. The summed E-state index contributed by atoms with van der Waals surface area (Å²) in [6.45, 7) is 2.14. The van der Waals surface area contributed by atoms with Gasteiger partial charge < -0.3 is 10.2 Å². The molecule has 0 saturated heterocycles. The van der Waals surface area contributed by atoms with Gasteiger partial charge in [0.05, 0.1) is 4.90 Å². The zero-order chi connectivity index (χ0) is 23.4. The molecule has 172 valence electrons. The van der Waals surface area contributed by atoms with Crippen LogP contribution in [0.4, 0.5) is 0 Å². The predicted molar refractivity (Wildman–Crippen MR) is 124 cm³/mol. The van der Waals surface area contributed by atoms with Crippen molar-refractivity contribution in [3.63, 3.8) is 0 Å². The summed E-state index contributed by atoms with van der Waals surface area (Å²) in [5, 5.41) is 3.06. The van der Waals surface area contributed by atoms with Gasteiger partial charge in [-0.2, -0.15) is 0 Å². The van der Waals surface area contributed by atoms with Crippen LogP contribution in [0.5, 0.6) is 0 Å². The molecule has 1 amide bonds. The van der Waals surface area contributed by atoms with Gasteiger partial charge in [-0.25, -0.2) is 13.1 Å². The molecule has 0 radical (unpaired) electrons. The predicted octanol–water partition coefficient (Wildman–Crippen LogP) is 2.97. The molecule has 0 heterocycles. The van der Waals surface area contributed by atoms with Gasteiger partial charge in [0, 0.05) is 29.8 Å². The van der Waals surface area contributed by atoms with Gasteiger partial charge in [-0.3, -0.25) is 9.59 Å². The van der Waals surface area contributed by atoms with E-state index in [1.807, 2.05) is 0 Å². The second kappa shape index (κ2) is 9.94. The first kappa shape index (κ1) is 24.1. The molecule has 0 aliphatic heterocycles. The van der Waals surface area contributed by atoms with Gasteiger partial charge in [0.15, 0.2) is 5.78 Å². The largest absolute Gasteiger partial charge is 0.350 e. The molecule has 8 heteroatoms. The van der Waals surface area contributed by atoms with Gasteiger partial charge in [0.2, 0.25) is 10.0 Å². The lowest BCUT2D eigenvalue weighted by molar-refractivity contribution is 0.0899. The number of carbonyl (C=O) groups is 2. The van der Waals surface area contributed by atoms with Crippen molar-refractivity contribution < 1.29 is 18.0 Å². The standard InChI is InChI=1S/C24H31N3O4S/c1-18(28)20-10-12-22(13-11-20)32(30,31)26-16-19-6-8-21(9-7-19)23(29)25-17-24(27(2)3)14-4-5-15-24/h6-13,26H,4-5,14-17H2,1-3H3,(H,25,29). The number of benzene rings is 2. The van der Waals surface area contributed by atoms with E-state index < -0.39 is 10.0 Å². The zero-order valence-corrected chi connectivity index (χ0v) is 19.7. The van der Waals surface area contributed by atoms with Crippen molar-refractivity contribution in [3.8, 4) is 0 Å². The van der Waals surface area contributed by atoms with Crippen LogP contribution in [-0.4, -0.2) is 51.2 Å². The Morgan fingerprint density at radius 1 is 0.938 bits per heavy atom. The van der Waals surface area contributed by atoms with Crippen molar-refractivity contribution in [1.29, 1.82) is 0 Å². The average Bonchev–Trinajstić information content (AvgIpc) is 3.27. The van der Waals surface area contributed by atoms with E-state index in [4.69, 9.17) is 0 Å². The quantitative estimate of drug-likeness (QED) is 0.565. The Hall–Kier alpha value is -2.55. The number of ketones is 1. The number of amides is 1.